The van der Waals surface area contributed by atoms with E-state index in [2.05, 4.69) is 15.3 Å². The summed E-state index contributed by atoms with van der Waals surface area (Å²) in [5.74, 6) is -0.911. The molecule has 0 spiro atoms. The first-order valence-corrected chi connectivity index (χ1v) is 7.47. The van der Waals surface area contributed by atoms with Gasteiger partial charge in [0.25, 0.3) is 5.56 Å². The van der Waals surface area contributed by atoms with Crippen LogP contribution in [0.4, 0.5) is 18.9 Å². The van der Waals surface area contributed by atoms with E-state index in [1.165, 1.54) is 12.3 Å². The molecule has 2 N–H and O–H groups in total. The Bertz CT molecular complexity index is 780. The number of aromatic amines is 1. The van der Waals surface area contributed by atoms with Gasteiger partial charge in [-0.3, -0.25) is 9.59 Å². The summed E-state index contributed by atoms with van der Waals surface area (Å²) < 4.78 is 38.6. The first-order valence-electron chi connectivity index (χ1n) is 6.10. The predicted molar refractivity (Wildman–Crippen MR) is 80.7 cm³/mol. The second-order valence-electron chi connectivity index (χ2n) is 4.26. The number of amides is 1. The summed E-state index contributed by atoms with van der Waals surface area (Å²) in [6, 6.07) is 4.11. The van der Waals surface area contributed by atoms with Gasteiger partial charge in [-0.1, -0.05) is 23.4 Å². The number of thioether (sulfide) groups is 1. The molecule has 0 atom stereocenters. The van der Waals surface area contributed by atoms with Crippen molar-refractivity contribution in [1.82, 2.24) is 9.97 Å². The maximum atomic E-state index is 12.9. The Hall–Kier alpha value is -2.00. The van der Waals surface area contributed by atoms with Crippen molar-refractivity contribution in [2.24, 2.45) is 0 Å². The molecule has 0 saturated carbocycles. The molecule has 0 aliphatic heterocycles. The van der Waals surface area contributed by atoms with E-state index in [-0.39, 0.29) is 15.9 Å². The predicted octanol–water partition coefficient (Wildman–Crippen LogP) is 3.17. The van der Waals surface area contributed by atoms with Gasteiger partial charge in [-0.2, -0.15) is 13.2 Å². The number of carbonyl (C=O) groups is 1. The summed E-state index contributed by atoms with van der Waals surface area (Å²) in [5.41, 5.74) is -1.81. The van der Waals surface area contributed by atoms with Crippen molar-refractivity contribution in [3.05, 3.63) is 51.4 Å². The highest BCUT2D eigenvalue weighted by molar-refractivity contribution is 7.99. The highest BCUT2D eigenvalue weighted by atomic mass is 35.5. The molecule has 23 heavy (non-hydrogen) atoms. The lowest BCUT2D eigenvalue weighted by Gasteiger charge is -2.14. The van der Waals surface area contributed by atoms with E-state index in [4.69, 9.17) is 11.6 Å². The molecule has 0 radical (unpaired) electrons. The van der Waals surface area contributed by atoms with Gasteiger partial charge >= 0.3 is 6.18 Å². The standard InChI is InChI=1S/C13H9ClF3N3O2S/c14-7-1-2-8(13(15,16)17)9(5-7)19-11(22)6-23-12-18-4-3-10(21)20-12/h1-5H,6H2,(H,19,22)(H,18,20,21). The highest BCUT2D eigenvalue weighted by Crippen LogP contribution is 2.36. The van der Waals surface area contributed by atoms with Crippen molar-refractivity contribution in [3.8, 4) is 0 Å². The molecule has 0 aliphatic carbocycles. The zero-order chi connectivity index (χ0) is 17.0. The fraction of sp³-hybridized carbons (Fsp3) is 0.154. The molecule has 0 fully saturated rings. The van der Waals surface area contributed by atoms with Gasteiger partial charge in [0.05, 0.1) is 17.0 Å². The van der Waals surface area contributed by atoms with Gasteiger partial charge in [0.1, 0.15) is 0 Å². The smallest absolute Gasteiger partial charge is 0.325 e. The van der Waals surface area contributed by atoms with E-state index in [1.54, 1.807) is 0 Å². The average molecular weight is 364 g/mol. The maximum Gasteiger partial charge on any atom is 0.418 e. The summed E-state index contributed by atoms with van der Waals surface area (Å²) in [6.07, 6.45) is -3.36. The van der Waals surface area contributed by atoms with Crippen molar-refractivity contribution in [1.29, 1.82) is 0 Å². The number of H-pyrrole nitrogens is 1. The van der Waals surface area contributed by atoms with E-state index in [9.17, 15) is 22.8 Å². The second-order valence-corrected chi connectivity index (χ2v) is 5.66. The fourth-order valence-electron chi connectivity index (χ4n) is 1.61. The molecular weight excluding hydrogens is 355 g/mol. The number of hydrogen-bond donors (Lipinski definition) is 2. The number of nitrogens with zero attached hydrogens (tertiary/aromatic N) is 1. The molecule has 0 aliphatic rings. The van der Waals surface area contributed by atoms with Crippen LogP contribution in [0.2, 0.25) is 5.02 Å². The Balaban J connectivity index is 2.08. The number of nitrogens with one attached hydrogen (secondary N) is 2. The number of rotatable bonds is 4. The first kappa shape index (κ1) is 17.4. The van der Waals surface area contributed by atoms with E-state index >= 15 is 0 Å². The molecule has 2 rings (SSSR count). The molecule has 1 aromatic heterocycles. The molecule has 122 valence electrons. The minimum Gasteiger partial charge on any atom is -0.325 e. The van der Waals surface area contributed by atoms with E-state index in [0.29, 0.717) is 0 Å². The Labute approximate surface area is 137 Å². The van der Waals surface area contributed by atoms with Crippen molar-refractivity contribution >= 4 is 35.0 Å². The number of anilines is 1. The summed E-state index contributed by atoms with van der Waals surface area (Å²) in [7, 11) is 0. The third-order valence-corrected chi connectivity index (χ3v) is 3.67. The van der Waals surface area contributed by atoms with Crippen molar-refractivity contribution in [2.45, 2.75) is 11.3 Å². The minimum atomic E-state index is -4.62. The quantitative estimate of drug-likeness (QED) is 0.646. The Morgan fingerprint density at radius 1 is 1.35 bits per heavy atom. The third kappa shape index (κ3) is 5.00. The fourth-order valence-corrected chi connectivity index (χ4v) is 2.43. The summed E-state index contributed by atoms with van der Waals surface area (Å²) in [5, 5.41) is 2.41. The Morgan fingerprint density at radius 2 is 2.09 bits per heavy atom. The van der Waals surface area contributed by atoms with Crippen molar-refractivity contribution in [2.75, 3.05) is 11.1 Å². The van der Waals surface area contributed by atoms with Crippen LogP contribution in [0, 0.1) is 0 Å². The zero-order valence-electron chi connectivity index (χ0n) is 11.3. The van der Waals surface area contributed by atoms with Gasteiger partial charge in [-0.05, 0) is 18.2 Å². The second kappa shape index (κ2) is 7.05. The number of halogens is 4. The van der Waals surface area contributed by atoms with E-state index < -0.39 is 28.9 Å². The topological polar surface area (TPSA) is 74.8 Å². The minimum absolute atomic E-state index is 0.0648. The number of hydrogen-bond acceptors (Lipinski definition) is 4. The van der Waals surface area contributed by atoms with Crippen molar-refractivity contribution in [3.63, 3.8) is 0 Å². The van der Waals surface area contributed by atoms with Crippen molar-refractivity contribution < 1.29 is 18.0 Å². The van der Waals surface area contributed by atoms with Crippen LogP contribution in [0.5, 0.6) is 0 Å². The Morgan fingerprint density at radius 3 is 2.74 bits per heavy atom. The lowest BCUT2D eigenvalue weighted by molar-refractivity contribution is -0.137. The monoisotopic (exact) mass is 363 g/mol. The van der Waals surface area contributed by atoms with Crippen LogP contribution in [0.25, 0.3) is 0 Å². The molecule has 10 heteroatoms. The average Bonchev–Trinajstić information content (AvgIpc) is 2.44. The van der Waals surface area contributed by atoms with Gasteiger partial charge < -0.3 is 10.3 Å². The Kier molecular flexibility index (Phi) is 5.32. The lowest BCUT2D eigenvalue weighted by Crippen LogP contribution is -2.18. The van der Waals surface area contributed by atoms with Crippen LogP contribution in [0.3, 0.4) is 0 Å². The van der Waals surface area contributed by atoms with Crippen LogP contribution in [-0.4, -0.2) is 21.6 Å². The van der Waals surface area contributed by atoms with Crippen LogP contribution in [0.1, 0.15) is 5.56 Å². The molecule has 1 aromatic carbocycles. The SMILES string of the molecule is O=C(CSc1nccc(=O)[nH]1)Nc1cc(Cl)ccc1C(F)(F)F. The zero-order valence-corrected chi connectivity index (χ0v) is 12.9. The molecular formula is C13H9ClF3N3O2S. The summed E-state index contributed by atoms with van der Waals surface area (Å²) in [6.45, 7) is 0. The summed E-state index contributed by atoms with van der Waals surface area (Å²) in [4.78, 5) is 29.1. The third-order valence-electron chi connectivity index (χ3n) is 2.55. The van der Waals surface area contributed by atoms with Gasteiger partial charge in [-0.25, -0.2) is 4.98 Å². The molecule has 5 nitrogen and oxygen atoms in total. The highest BCUT2D eigenvalue weighted by Gasteiger charge is 2.33. The van der Waals surface area contributed by atoms with Crippen LogP contribution < -0.4 is 10.9 Å². The number of carbonyl (C=O) groups excluding carboxylic acids is 1. The molecule has 1 amide bonds. The lowest BCUT2D eigenvalue weighted by atomic mass is 10.1. The first-order chi connectivity index (χ1) is 10.8. The summed E-state index contributed by atoms with van der Waals surface area (Å²) >= 11 is 6.55. The number of alkyl halides is 3. The van der Waals surface area contributed by atoms with Gasteiger partial charge in [0, 0.05) is 17.3 Å². The van der Waals surface area contributed by atoms with Gasteiger partial charge in [0.15, 0.2) is 5.16 Å². The molecule has 1 heterocycles. The van der Waals surface area contributed by atoms with Crippen LogP contribution >= 0.6 is 23.4 Å². The number of benzene rings is 1. The van der Waals surface area contributed by atoms with E-state index in [0.717, 1.165) is 30.0 Å². The van der Waals surface area contributed by atoms with E-state index in [1.807, 2.05) is 0 Å². The normalized spacial score (nSPS) is 11.3. The molecule has 0 saturated heterocycles. The van der Waals surface area contributed by atoms with Gasteiger partial charge in [-0.15, -0.1) is 0 Å². The van der Waals surface area contributed by atoms with Crippen LogP contribution in [0.15, 0.2) is 40.4 Å². The molecule has 0 unspecified atom stereocenters. The maximum absolute atomic E-state index is 12.9. The van der Waals surface area contributed by atoms with Gasteiger partial charge in [0.2, 0.25) is 5.91 Å². The van der Waals surface area contributed by atoms with Crippen LogP contribution in [-0.2, 0) is 11.0 Å². The number of aromatic nitrogens is 2. The molecule has 0 bridgehead atoms. The largest absolute Gasteiger partial charge is 0.418 e. The molecule has 2 aromatic rings.